The van der Waals surface area contributed by atoms with Crippen LogP contribution in [0, 0.1) is 0 Å². The minimum Gasteiger partial charge on any atom is -0.489 e. The molecule has 0 atom stereocenters. The van der Waals surface area contributed by atoms with Gasteiger partial charge in [0.2, 0.25) is 10.0 Å². The molecular weight excluding hydrogens is 389 g/mol. The number of nitrogens with one attached hydrogen (secondary N) is 1. The Kier molecular flexibility index (Phi) is 5.99. The fourth-order valence-corrected chi connectivity index (χ4v) is 3.52. The number of hydrogen-bond acceptors (Lipinski definition) is 5. The zero-order valence-corrected chi connectivity index (χ0v) is 18.4. The van der Waals surface area contributed by atoms with Crippen LogP contribution in [0.2, 0.25) is 0 Å². The number of rotatable bonds is 7. The predicted octanol–water partition coefficient (Wildman–Crippen LogP) is 3.33. The summed E-state index contributed by atoms with van der Waals surface area (Å²) in [7, 11) is -4.07. The highest BCUT2D eigenvalue weighted by molar-refractivity contribution is 7.92. The van der Waals surface area contributed by atoms with Crippen LogP contribution in [-0.2, 0) is 25.9 Å². The molecule has 0 unspecified atom stereocenters. The first-order chi connectivity index (χ1) is 13.5. The molecule has 0 amide bonds. The standard InChI is InChI=1S/C21H28BNO5S/c1-6-29(24,25)23-17-12-13-19(26-15-16-10-8-7-9-11-16)18(14-17)22-27-20(2,3)21(4,5)28-22/h7-14,23H,6,15H2,1-5H3. The average molecular weight is 417 g/mol. The van der Waals surface area contributed by atoms with Gasteiger partial charge in [-0.05, 0) is 58.4 Å². The molecule has 0 aromatic heterocycles. The lowest BCUT2D eigenvalue weighted by Crippen LogP contribution is -2.41. The summed E-state index contributed by atoms with van der Waals surface area (Å²) in [6.45, 7) is 9.87. The Balaban J connectivity index is 1.93. The van der Waals surface area contributed by atoms with E-state index in [0.29, 0.717) is 23.5 Å². The van der Waals surface area contributed by atoms with E-state index in [9.17, 15) is 8.42 Å². The van der Waals surface area contributed by atoms with E-state index in [4.69, 9.17) is 14.0 Å². The first-order valence-electron chi connectivity index (χ1n) is 9.70. The minimum absolute atomic E-state index is 0.00885. The summed E-state index contributed by atoms with van der Waals surface area (Å²) < 4.78 is 45.0. The highest BCUT2D eigenvalue weighted by atomic mass is 32.2. The molecule has 1 heterocycles. The Labute approximate surface area is 173 Å². The van der Waals surface area contributed by atoms with Crippen LogP contribution in [0.4, 0.5) is 5.69 Å². The van der Waals surface area contributed by atoms with E-state index in [-0.39, 0.29) is 5.75 Å². The van der Waals surface area contributed by atoms with Crippen LogP contribution in [0.3, 0.4) is 0 Å². The van der Waals surface area contributed by atoms with Crippen LogP contribution in [0.25, 0.3) is 0 Å². The molecule has 6 nitrogen and oxygen atoms in total. The maximum Gasteiger partial charge on any atom is 0.498 e. The molecule has 29 heavy (non-hydrogen) atoms. The Bertz CT molecular complexity index is 944. The summed E-state index contributed by atoms with van der Waals surface area (Å²) in [6, 6.07) is 15.0. The molecule has 1 N–H and O–H groups in total. The lowest BCUT2D eigenvalue weighted by Gasteiger charge is -2.32. The van der Waals surface area contributed by atoms with Gasteiger partial charge in [0.05, 0.1) is 17.0 Å². The van der Waals surface area contributed by atoms with Crippen molar-refractivity contribution in [3.63, 3.8) is 0 Å². The minimum atomic E-state index is -3.40. The molecule has 156 valence electrons. The highest BCUT2D eigenvalue weighted by Crippen LogP contribution is 2.37. The lowest BCUT2D eigenvalue weighted by atomic mass is 9.78. The normalized spacial score (nSPS) is 17.9. The van der Waals surface area contributed by atoms with Crippen LogP contribution in [0.15, 0.2) is 48.5 Å². The number of sulfonamides is 1. The molecular formula is C21H28BNO5S. The van der Waals surface area contributed by atoms with E-state index >= 15 is 0 Å². The third-order valence-electron chi connectivity index (χ3n) is 5.41. The highest BCUT2D eigenvalue weighted by Gasteiger charge is 2.52. The molecule has 2 aromatic rings. The van der Waals surface area contributed by atoms with Gasteiger partial charge >= 0.3 is 7.12 Å². The summed E-state index contributed by atoms with van der Waals surface area (Å²) in [6.07, 6.45) is 0. The van der Waals surface area contributed by atoms with E-state index in [1.165, 1.54) is 0 Å². The number of hydrogen-bond donors (Lipinski definition) is 1. The molecule has 0 radical (unpaired) electrons. The number of ether oxygens (including phenoxy) is 1. The van der Waals surface area contributed by atoms with Crippen LogP contribution in [0.5, 0.6) is 5.75 Å². The molecule has 1 aliphatic rings. The second-order valence-electron chi connectivity index (χ2n) is 8.12. The lowest BCUT2D eigenvalue weighted by molar-refractivity contribution is 0.00578. The predicted molar refractivity (Wildman–Crippen MR) is 116 cm³/mol. The molecule has 1 saturated heterocycles. The molecule has 0 aliphatic carbocycles. The number of anilines is 1. The van der Waals surface area contributed by atoms with Gasteiger partial charge in [-0.25, -0.2) is 8.42 Å². The molecule has 0 spiro atoms. The molecule has 1 fully saturated rings. The van der Waals surface area contributed by atoms with Gasteiger partial charge in [0, 0.05) is 11.2 Å². The van der Waals surface area contributed by atoms with Crippen molar-refractivity contribution in [2.24, 2.45) is 0 Å². The smallest absolute Gasteiger partial charge is 0.489 e. The zero-order chi connectivity index (χ0) is 21.3. The van der Waals surface area contributed by atoms with Gasteiger partial charge in [0.1, 0.15) is 12.4 Å². The second-order valence-corrected chi connectivity index (χ2v) is 10.1. The van der Waals surface area contributed by atoms with Crippen LogP contribution in [-0.4, -0.2) is 32.5 Å². The maximum atomic E-state index is 12.0. The Morgan fingerprint density at radius 1 is 1.00 bits per heavy atom. The zero-order valence-electron chi connectivity index (χ0n) is 17.6. The van der Waals surface area contributed by atoms with Crippen LogP contribution in [0.1, 0.15) is 40.2 Å². The van der Waals surface area contributed by atoms with Gasteiger partial charge in [0.15, 0.2) is 0 Å². The third kappa shape index (κ3) is 4.94. The van der Waals surface area contributed by atoms with E-state index in [1.807, 2.05) is 58.0 Å². The van der Waals surface area contributed by atoms with E-state index in [1.54, 1.807) is 25.1 Å². The first kappa shape index (κ1) is 21.7. The Morgan fingerprint density at radius 2 is 1.62 bits per heavy atom. The summed E-state index contributed by atoms with van der Waals surface area (Å²) in [5, 5.41) is 0. The molecule has 1 aliphatic heterocycles. The SMILES string of the molecule is CCS(=O)(=O)Nc1ccc(OCc2ccccc2)c(B2OC(C)(C)C(C)(C)O2)c1. The Hall–Kier alpha value is -2.03. The van der Waals surface area contributed by atoms with Crippen molar-refractivity contribution >= 4 is 28.3 Å². The second kappa shape index (κ2) is 8.01. The molecule has 8 heteroatoms. The van der Waals surface area contributed by atoms with Crippen molar-refractivity contribution < 1.29 is 22.5 Å². The summed E-state index contributed by atoms with van der Waals surface area (Å²) in [4.78, 5) is 0. The van der Waals surface area contributed by atoms with Crippen molar-refractivity contribution in [1.29, 1.82) is 0 Å². The number of benzene rings is 2. The topological polar surface area (TPSA) is 73.9 Å². The van der Waals surface area contributed by atoms with Gasteiger partial charge in [-0.2, -0.15) is 0 Å². The summed E-state index contributed by atoms with van der Waals surface area (Å²) in [5.74, 6) is 0.581. The van der Waals surface area contributed by atoms with Gasteiger partial charge in [0.25, 0.3) is 0 Å². The van der Waals surface area contributed by atoms with Gasteiger partial charge < -0.3 is 14.0 Å². The van der Waals surface area contributed by atoms with Crippen LogP contribution >= 0.6 is 0 Å². The fourth-order valence-electron chi connectivity index (χ4n) is 2.88. The fraction of sp³-hybridized carbons (Fsp3) is 0.429. The largest absolute Gasteiger partial charge is 0.498 e. The molecule has 2 aromatic carbocycles. The van der Waals surface area contributed by atoms with Gasteiger partial charge in [-0.3, -0.25) is 4.72 Å². The maximum absolute atomic E-state index is 12.0. The Morgan fingerprint density at radius 3 is 2.21 bits per heavy atom. The van der Waals surface area contributed by atoms with Crippen molar-refractivity contribution in [2.45, 2.75) is 52.4 Å². The van der Waals surface area contributed by atoms with Crippen molar-refractivity contribution in [3.8, 4) is 5.75 Å². The average Bonchev–Trinajstić information content (AvgIpc) is 2.88. The molecule has 3 rings (SSSR count). The van der Waals surface area contributed by atoms with Crippen molar-refractivity contribution in [2.75, 3.05) is 10.5 Å². The summed E-state index contributed by atoms with van der Waals surface area (Å²) >= 11 is 0. The molecule has 0 bridgehead atoms. The van der Waals surface area contributed by atoms with Crippen molar-refractivity contribution in [1.82, 2.24) is 0 Å². The molecule has 0 saturated carbocycles. The first-order valence-corrected chi connectivity index (χ1v) is 11.3. The summed E-state index contributed by atoms with van der Waals surface area (Å²) in [5.41, 5.74) is 1.09. The quantitative estimate of drug-likeness (QED) is 0.700. The van der Waals surface area contributed by atoms with E-state index in [0.717, 1.165) is 5.56 Å². The van der Waals surface area contributed by atoms with Crippen molar-refractivity contribution in [3.05, 3.63) is 54.1 Å². The van der Waals surface area contributed by atoms with Gasteiger partial charge in [-0.1, -0.05) is 30.3 Å². The van der Waals surface area contributed by atoms with Gasteiger partial charge in [-0.15, -0.1) is 0 Å². The monoisotopic (exact) mass is 417 g/mol. The van der Waals surface area contributed by atoms with Crippen LogP contribution < -0.4 is 14.9 Å². The third-order valence-corrected chi connectivity index (χ3v) is 6.71. The van der Waals surface area contributed by atoms with E-state index < -0.39 is 28.3 Å². The van der Waals surface area contributed by atoms with E-state index in [2.05, 4.69) is 4.72 Å².